The summed E-state index contributed by atoms with van der Waals surface area (Å²) in [6.45, 7) is 0. The molecule has 0 aliphatic rings. The average molecular weight is 197 g/mol. The van der Waals surface area contributed by atoms with Crippen LogP contribution in [0.25, 0.3) is 0 Å². The summed E-state index contributed by atoms with van der Waals surface area (Å²) < 4.78 is 0. The summed E-state index contributed by atoms with van der Waals surface area (Å²) in [4.78, 5) is 0. The summed E-state index contributed by atoms with van der Waals surface area (Å²) in [6, 6.07) is 11.7. The molecular weight excluding hydrogens is 193 g/mol. The highest BCUT2D eigenvalue weighted by atomic mass is 35.6. The number of hydrogen-bond donors (Lipinski definition) is 0. The van der Waals surface area contributed by atoms with Gasteiger partial charge in [-0.05, 0) is 18.2 Å². The maximum Gasteiger partial charge on any atom is 0.618 e. The molecule has 1 radical (unpaired) electrons. The van der Waals surface area contributed by atoms with E-state index in [0.717, 1.165) is 0 Å². The van der Waals surface area contributed by atoms with Crippen LogP contribution >= 0.6 is 18.1 Å². The zero-order valence-corrected chi connectivity index (χ0v) is 8.65. The van der Waals surface area contributed by atoms with Gasteiger partial charge in [0, 0.05) is 0 Å². The van der Waals surface area contributed by atoms with Gasteiger partial charge in [-0.25, -0.2) is 0 Å². The van der Waals surface area contributed by atoms with E-state index in [2.05, 4.69) is 6.07 Å². The molecule has 0 spiro atoms. The third kappa shape index (κ3) is 6.45. The molecule has 4 heteroatoms. The maximum absolute atomic E-state index is 8.27. The number of nitrogens with zero attached hydrogens (tertiary/aromatic N) is 1. The lowest BCUT2D eigenvalue weighted by Crippen LogP contribution is -1.66. The maximum atomic E-state index is 8.27. The van der Waals surface area contributed by atoms with Gasteiger partial charge in [0.15, 0.2) is 0 Å². The molecule has 0 aliphatic heterocycles. The molecule has 1 aromatic rings. The number of nitriles is 1. The Labute approximate surface area is 83.2 Å². The average Bonchev–Trinajstić information content (AvgIpc) is 2.08. The Morgan fingerprint density at radius 1 is 1.36 bits per heavy atom. The van der Waals surface area contributed by atoms with E-state index in [1.54, 1.807) is 24.3 Å². The molecule has 0 amide bonds. The minimum atomic E-state index is -0.639. The SMILES string of the molecule is N#Cc1cc[c]cc1.[Cl][Mg][Cl]. The van der Waals surface area contributed by atoms with E-state index in [1.807, 2.05) is 6.07 Å². The fourth-order valence-electron chi connectivity index (χ4n) is 0.461. The Morgan fingerprint density at radius 2 is 1.82 bits per heavy atom. The van der Waals surface area contributed by atoms with Crippen LogP contribution < -0.4 is 0 Å². The third-order valence-corrected chi connectivity index (χ3v) is 0.847. The zero-order chi connectivity index (χ0) is 8.53. The summed E-state index contributed by atoms with van der Waals surface area (Å²) in [5, 5.41) is 8.27. The van der Waals surface area contributed by atoms with Crippen LogP contribution in [0.3, 0.4) is 0 Å². The first-order chi connectivity index (χ1) is 5.35. The first-order valence-corrected chi connectivity index (χ1v) is 7.11. The van der Waals surface area contributed by atoms with E-state index in [-0.39, 0.29) is 0 Å². The van der Waals surface area contributed by atoms with Gasteiger partial charge in [0.25, 0.3) is 0 Å². The van der Waals surface area contributed by atoms with E-state index in [0.29, 0.717) is 5.56 Å². The van der Waals surface area contributed by atoms with E-state index < -0.39 is 18.2 Å². The molecule has 0 atom stereocenters. The zero-order valence-electron chi connectivity index (χ0n) is 5.72. The molecule has 1 aromatic carbocycles. The Kier molecular flexibility index (Phi) is 8.20. The highest BCUT2D eigenvalue weighted by molar-refractivity contribution is 7.22. The Morgan fingerprint density at radius 3 is 2.09 bits per heavy atom. The molecule has 0 aliphatic carbocycles. The summed E-state index contributed by atoms with van der Waals surface area (Å²) in [6.07, 6.45) is 0. The van der Waals surface area contributed by atoms with Crippen LogP contribution in [0.5, 0.6) is 0 Å². The molecule has 0 N–H and O–H groups in total. The van der Waals surface area contributed by atoms with Crippen molar-refractivity contribution in [3.05, 3.63) is 35.9 Å². The van der Waals surface area contributed by atoms with E-state index in [1.165, 1.54) is 0 Å². The van der Waals surface area contributed by atoms with Crippen molar-refractivity contribution in [2.45, 2.75) is 0 Å². The third-order valence-electron chi connectivity index (χ3n) is 0.847. The molecular formula is C7H4Cl2MgN. The van der Waals surface area contributed by atoms with Gasteiger partial charge in [-0.15, -0.1) is 0 Å². The summed E-state index contributed by atoms with van der Waals surface area (Å²) >= 11 is -0.639. The van der Waals surface area contributed by atoms with Crippen LogP contribution in [0.1, 0.15) is 5.56 Å². The van der Waals surface area contributed by atoms with Crippen molar-refractivity contribution < 1.29 is 0 Å². The summed E-state index contributed by atoms with van der Waals surface area (Å²) in [5.74, 6) is 0. The van der Waals surface area contributed by atoms with Crippen LogP contribution in [0, 0.1) is 17.4 Å². The molecule has 0 fully saturated rings. The van der Waals surface area contributed by atoms with Crippen LogP contribution in [0.15, 0.2) is 24.3 Å². The van der Waals surface area contributed by atoms with Crippen molar-refractivity contribution in [3.8, 4) is 6.07 Å². The van der Waals surface area contributed by atoms with Crippen LogP contribution in [0.2, 0.25) is 0 Å². The molecule has 0 bridgehead atoms. The van der Waals surface area contributed by atoms with E-state index in [4.69, 9.17) is 23.4 Å². The fraction of sp³-hybridized carbons (Fsp3) is 0. The lowest BCUT2D eigenvalue weighted by atomic mass is 10.2. The molecule has 0 saturated carbocycles. The molecule has 1 rings (SSSR count). The van der Waals surface area contributed by atoms with E-state index in [9.17, 15) is 0 Å². The first kappa shape index (κ1) is 11.1. The van der Waals surface area contributed by atoms with Gasteiger partial charge in [-0.3, -0.25) is 0 Å². The molecule has 0 aromatic heterocycles. The van der Waals surface area contributed by atoms with Crippen LogP contribution in [-0.2, 0) is 0 Å². The largest absolute Gasteiger partial charge is 0.618 e. The molecule has 0 unspecified atom stereocenters. The van der Waals surface area contributed by atoms with Crippen molar-refractivity contribution >= 4 is 36.3 Å². The minimum Gasteiger partial charge on any atom is -0.309 e. The quantitative estimate of drug-likeness (QED) is 0.586. The van der Waals surface area contributed by atoms with Gasteiger partial charge in [-0.1, -0.05) is 12.1 Å². The highest BCUT2D eigenvalue weighted by Gasteiger charge is 1.79. The molecule has 0 heterocycles. The normalized spacial score (nSPS) is 6.64. The summed E-state index contributed by atoms with van der Waals surface area (Å²) in [7, 11) is 9.81. The lowest BCUT2D eigenvalue weighted by Gasteiger charge is -1.79. The number of halogens is 2. The first-order valence-electron chi connectivity index (χ1n) is 2.83. The van der Waals surface area contributed by atoms with Crippen molar-refractivity contribution in [1.29, 1.82) is 5.26 Å². The smallest absolute Gasteiger partial charge is 0.309 e. The molecule has 1 nitrogen and oxygen atoms in total. The van der Waals surface area contributed by atoms with Gasteiger partial charge in [0.05, 0.1) is 11.6 Å². The Hall–Kier alpha value is 0.0562. The van der Waals surface area contributed by atoms with Crippen LogP contribution in [-0.4, -0.2) is 18.2 Å². The van der Waals surface area contributed by atoms with Crippen molar-refractivity contribution in [2.75, 3.05) is 0 Å². The predicted molar refractivity (Wildman–Crippen MR) is 47.5 cm³/mol. The predicted octanol–water partition coefficient (Wildman–Crippen LogP) is 2.36. The second-order valence-electron chi connectivity index (χ2n) is 1.50. The minimum absolute atomic E-state index is 0.639. The molecule has 0 saturated heterocycles. The van der Waals surface area contributed by atoms with Crippen molar-refractivity contribution in [3.63, 3.8) is 0 Å². The van der Waals surface area contributed by atoms with Gasteiger partial charge in [-0.2, -0.15) is 5.26 Å². The second kappa shape index (κ2) is 8.16. The topological polar surface area (TPSA) is 23.8 Å². The Bertz CT molecular complexity index is 220. The van der Waals surface area contributed by atoms with Gasteiger partial charge in [0.1, 0.15) is 0 Å². The molecule has 53 valence electrons. The second-order valence-corrected chi connectivity index (χ2v) is 4.13. The number of hydrogen-bond acceptors (Lipinski definition) is 1. The number of rotatable bonds is 0. The van der Waals surface area contributed by atoms with Crippen LogP contribution in [0.4, 0.5) is 0 Å². The highest BCUT2D eigenvalue weighted by Crippen LogP contribution is 1.92. The van der Waals surface area contributed by atoms with E-state index >= 15 is 0 Å². The van der Waals surface area contributed by atoms with Gasteiger partial charge >= 0.3 is 18.2 Å². The standard InChI is InChI=1S/C7H4N.2ClH.Mg/c8-6-7-4-2-1-3-5-7;;;/h2-5H;2*1H;/q;;;+2/p-2. The lowest BCUT2D eigenvalue weighted by molar-refractivity contribution is 1.48. The monoisotopic (exact) mass is 196 g/mol. The van der Waals surface area contributed by atoms with Gasteiger partial charge < -0.3 is 18.1 Å². The fourth-order valence-corrected chi connectivity index (χ4v) is 0.461. The molecule has 11 heavy (non-hydrogen) atoms. The van der Waals surface area contributed by atoms with Crippen molar-refractivity contribution in [2.24, 2.45) is 0 Å². The number of benzene rings is 1. The van der Waals surface area contributed by atoms with Crippen molar-refractivity contribution in [1.82, 2.24) is 0 Å². The summed E-state index contributed by atoms with van der Waals surface area (Å²) in [5.41, 5.74) is 0.684. The van der Waals surface area contributed by atoms with Gasteiger partial charge in [0.2, 0.25) is 0 Å². The Balaban J connectivity index is 0.000000292.